The minimum absolute atomic E-state index is 0.0183. The highest BCUT2D eigenvalue weighted by atomic mass is 32.2. The lowest BCUT2D eigenvalue weighted by Crippen LogP contribution is -2.21. The molecule has 24 heavy (non-hydrogen) atoms. The zero-order valence-electron chi connectivity index (χ0n) is 13.5. The number of alkyl halides is 2. The quantitative estimate of drug-likeness (QED) is 0.746. The number of halogens is 2. The van der Waals surface area contributed by atoms with Crippen LogP contribution in [-0.2, 0) is 0 Å². The zero-order chi connectivity index (χ0) is 17.5. The third-order valence-electron chi connectivity index (χ3n) is 3.47. The van der Waals surface area contributed by atoms with Gasteiger partial charge in [-0.05, 0) is 62.0 Å². The van der Waals surface area contributed by atoms with Crippen molar-refractivity contribution in [3.63, 3.8) is 0 Å². The van der Waals surface area contributed by atoms with Crippen molar-refractivity contribution in [1.82, 2.24) is 4.98 Å². The van der Waals surface area contributed by atoms with Gasteiger partial charge in [-0.15, -0.1) is 0 Å². The van der Waals surface area contributed by atoms with Crippen molar-refractivity contribution in [2.75, 3.05) is 23.3 Å². The van der Waals surface area contributed by atoms with E-state index >= 15 is 0 Å². The normalized spacial score (nSPS) is 10.7. The second-order valence-corrected chi connectivity index (χ2v) is 5.89. The molecule has 1 N–H and O–H groups in total. The number of hydrogen-bond donors (Lipinski definition) is 1. The van der Waals surface area contributed by atoms with Crippen molar-refractivity contribution in [2.45, 2.75) is 24.6 Å². The molecule has 4 nitrogen and oxygen atoms in total. The lowest BCUT2D eigenvalue weighted by Gasteiger charge is -2.21. The van der Waals surface area contributed by atoms with Crippen LogP contribution in [0.15, 0.2) is 47.6 Å². The Labute approximate surface area is 144 Å². The van der Waals surface area contributed by atoms with Gasteiger partial charge in [-0.2, -0.15) is 8.78 Å². The van der Waals surface area contributed by atoms with E-state index in [0.717, 1.165) is 18.8 Å². The molecule has 7 heteroatoms. The number of hydrogen-bond acceptors (Lipinski definition) is 4. The summed E-state index contributed by atoms with van der Waals surface area (Å²) >= 11 is 0.264. The van der Waals surface area contributed by atoms with Crippen LogP contribution < -0.4 is 10.2 Å². The largest absolute Gasteiger partial charge is 0.372 e. The number of aromatic nitrogens is 1. The zero-order valence-corrected chi connectivity index (χ0v) is 14.3. The van der Waals surface area contributed by atoms with Crippen molar-refractivity contribution in [2.24, 2.45) is 0 Å². The molecular formula is C17H19F2N3OS. The molecule has 0 spiro atoms. The Morgan fingerprint density at radius 3 is 2.46 bits per heavy atom. The second-order valence-electron chi connectivity index (χ2n) is 4.91. The molecular weight excluding hydrogens is 332 g/mol. The monoisotopic (exact) mass is 351 g/mol. The Balaban J connectivity index is 2.13. The van der Waals surface area contributed by atoms with Crippen LogP contribution in [0.1, 0.15) is 24.2 Å². The van der Waals surface area contributed by atoms with Gasteiger partial charge in [0.2, 0.25) is 0 Å². The number of benzene rings is 1. The van der Waals surface area contributed by atoms with Gasteiger partial charge in [-0.1, -0.05) is 0 Å². The molecule has 1 aromatic carbocycles. The average molecular weight is 351 g/mol. The number of thioether (sulfide) groups is 1. The van der Waals surface area contributed by atoms with Crippen LogP contribution in [0.5, 0.6) is 0 Å². The third kappa shape index (κ3) is 4.67. The fraction of sp³-hybridized carbons (Fsp3) is 0.294. The van der Waals surface area contributed by atoms with E-state index in [1.165, 1.54) is 12.3 Å². The number of nitrogens with zero attached hydrogens (tertiary/aromatic N) is 2. The van der Waals surface area contributed by atoms with E-state index < -0.39 is 11.7 Å². The molecule has 1 aromatic heterocycles. The van der Waals surface area contributed by atoms with Crippen LogP contribution in [-0.4, -0.2) is 29.7 Å². The van der Waals surface area contributed by atoms with Crippen molar-refractivity contribution in [3.8, 4) is 0 Å². The predicted molar refractivity (Wildman–Crippen MR) is 94.1 cm³/mol. The third-order valence-corrected chi connectivity index (χ3v) is 4.20. The molecule has 0 aliphatic heterocycles. The molecule has 0 aliphatic rings. The summed E-state index contributed by atoms with van der Waals surface area (Å²) in [6.45, 7) is 5.94. The Hall–Kier alpha value is -2.15. The van der Waals surface area contributed by atoms with E-state index in [-0.39, 0.29) is 22.4 Å². The Kier molecular flexibility index (Phi) is 6.54. The highest BCUT2D eigenvalue weighted by Gasteiger charge is 2.16. The molecule has 0 unspecified atom stereocenters. The predicted octanol–water partition coefficient (Wildman–Crippen LogP) is 4.49. The molecule has 0 radical (unpaired) electrons. The maximum atomic E-state index is 12.6. The van der Waals surface area contributed by atoms with Crippen molar-refractivity contribution < 1.29 is 13.6 Å². The van der Waals surface area contributed by atoms with Gasteiger partial charge in [-0.25, -0.2) is 4.98 Å². The molecule has 128 valence electrons. The lowest BCUT2D eigenvalue weighted by molar-refractivity contribution is 0.102. The van der Waals surface area contributed by atoms with Gasteiger partial charge in [-0.3, -0.25) is 4.79 Å². The molecule has 0 saturated heterocycles. The summed E-state index contributed by atoms with van der Waals surface area (Å²) in [4.78, 5) is 18.4. The number of carbonyl (C=O) groups excluding carboxylic acids is 1. The van der Waals surface area contributed by atoms with Gasteiger partial charge in [0.25, 0.3) is 11.7 Å². The van der Waals surface area contributed by atoms with Gasteiger partial charge < -0.3 is 10.2 Å². The first-order valence-electron chi connectivity index (χ1n) is 7.61. The van der Waals surface area contributed by atoms with Crippen molar-refractivity contribution in [3.05, 3.63) is 48.2 Å². The highest BCUT2D eigenvalue weighted by molar-refractivity contribution is 7.99. The Morgan fingerprint density at radius 1 is 1.21 bits per heavy atom. The van der Waals surface area contributed by atoms with E-state index in [0.29, 0.717) is 5.69 Å². The van der Waals surface area contributed by atoms with Gasteiger partial charge in [0, 0.05) is 30.7 Å². The smallest absolute Gasteiger partial charge is 0.290 e. The fourth-order valence-corrected chi connectivity index (χ4v) is 2.86. The Bertz CT molecular complexity index is 676. The molecule has 0 aliphatic carbocycles. The SMILES string of the molecule is CCN(CC)c1ccc(NC(=O)c2cccnc2SC(F)F)cc1. The maximum absolute atomic E-state index is 12.6. The van der Waals surface area contributed by atoms with Crippen molar-refractivity contribution >= 4 is 29.0 Å². The van der Waals surface area contributed by atoms with E-state index in [4.69, 9.17) is 0 Å². The summed E-state index contributed by atoms with van der Waals surface area (Å²) in [6.07, 6.45) is 1.39. The van der Waals surface area contributed by atoms with E-state index in [9.17, 15) is 13.6 Å². The molecule has 0 fully saturated rings. The van der Waals surface area contributed by atoms with E-state index in [1.807, 2.05) is 12.1 Å². The molecule has 0 atom stereocenters. The van der Waals surface area contributed by atoms with Crippen LogP contribution in [0.25, 0.3) is 0 Å². The summed E-state index contributed by atoms with van der Waals surface area (Å²) < 4.78 is 25.1. The van der Waals surface area contributed by atoms with Crippen LogP contribution in [0.4, 0.5) is 20.2 Å². The molecule has 0 saturated carbocycles. The van der Waals surface area contributed by atoms with Gasteiger partial charge in [0.1, 0.15) is 5.03 Å². The first-order chi connectivity index (χ1) is 11.5. The van der Waals surface area contributed by atoms with Crippen LogP contribution in [0.2, 0.25) is 0 Å². The molecule has 2 aromatic rings. The topological polar surface area (TPSA) is 45.2 Å². The number of anilines is 2. The molecule has 1 amide bonds. The first-order valence-corrected chi connectivity index (χ1v) is 8.49. The minimum atomic E-state index is -2.63. The summed E-state index contributed by atoms with van der Waals surface area (Å²) in [6, 6.07) is 10.5. The van der Waals surface area contributed by atoms with Gasteiger partial charge in [0.15, 0.2) is 0 Å². The number of rotatable bonds is 7. The van der Waals surface area contributed by atoms with Crippen LogP contribution in [0.3, 0.4) is 0 Å². The lowest BCUT2D eigenvalue weighted by atomic mass is 10.2. The summed E-state index contributed by atoms with van der Waals surface area (Å²) in [5.41, 5.74) is 1.80. The minimum Gasteiger partial charge on any atom is -0.372 e. The fourth-order valence-electron chi connectivity index (χ4n) is 2.28. The second kappa shape index (κ2) is 8.63. The number of amides is 1. The maximum Gasteiger partial charge on any atom is 0.290 e. The molecule has 0 bridgehead atoms. The van der Waals surface area contributed by atoms with Gasteiger partial charge in [0.05, 0.1) is 5.56 Å². The number of pyridine rings is 1. The first kappa shape index (κ1) is 18.2. The Morgan fingerprint density at radius 2 is 1.88 bits per heavy atom. The highest BCUT2D eigenvalue weighted by Crippen LogP contribution is 2.27. The average Bonchev–Trinajstić information content (AvgIpc) is 2.57. The standard InChI is InChI=1S/C17H19F2N3OS/c1-3-22(4-2)13-9-7-12(8-10-13)21-15(23)14-6-5-11-20-16(14)24-17(18)19/h5-11,17H,3-4H2,1-2H3,(H,21,23). The summed E-state index contributed by atoms with van der Waals surface area (Å²) in [7, 11) is 0. The van der Waals surface area contributed by atoms with Crippen LogP contribution in [0, 0.1) is 0 Å². The molecule has 2 rings (SSSR count). The molecule has 1 heterocycles. The van der Waals surface area contributed by atoms with Gasteiger partial charge >= 0.3 is 0 Å². The van der Waals surface area contributed by atoms with E-state index in [1.54, 1.807) is 18.2 Å². The number of carbonyl (C=O) groups is 1. The van der Waals surface area contributed by atoms with Crippen molar-refractivity contribution in [1.29, 1.82) is 0 Å². The number of nitrogens with one attached hydrogen (secondary N) is 1. The summed E-state index contributed by atoms with van der Waals surface area (Å²) in [5, 5.41) is 2.74. The van der Waals surface area contributed by atoms with Crippen LogP contribution >= 0.6 is 11.8 Å². The van der Waals surface area contributed by atoms with E-state index in [2.05, 4.69) is 29.0 Å². The summed E-state index contributed by atoms with van der Waals surface area (Å²) in [5.74, 6) is -3.08.